The Kier molecular flexibility index (Phi) is 4.28. The number of anilines is 1. The topological polar surface area (TPSA) is 90.0 Å². The van der Waals surface area contributed by atoms with Gasteiger partial charge < -0.3 is 9.47 Å². The molecule has 28 heavy (non-hydrogen) atoms. The standard InChI is InChI=1S/C21H23NO6/c1-9-6-5-7-10(2)17(9)22-20(25)15-13-8-14(16(15)21(22)26)19(28-12(4)24)18(13)27-11(3)23/h5-7,13-16,18-19H,8H2,1-4H3/t13-,14+,15-,16-,18+,19-/m0/s1. The van der Waals surface area contributed by atoms with Crippen LogP contribution < -0.4 is 4.90 Å². The minimum absolute atomic E-state index is 0.252. The number of nitrogens with zero attached hydrogens (tertiary/aromatic N) is 1. The molecule has 2 aliphatic carbocycles. The molecular weight excluding hydrogens is 362 g/mol. The van der Waals surface area contributed by atoms with Crippen molar-refractivity contribution in [3.05, 3.63) is 29.3 Å². The first-order valence-corrected chi connectivity index (χ1v) is 9.50. The van der Waals surface area contributed by atoms with Gasteiger partial charge in [-0.25, -0.2) is 4.90 Å². The summed E-state index contributed by atoms with van der Waals surface area (Å²) in [5.41, 5.74) is 2.32. The van der Waals surface area contributed by atoms with Crippen LogP contribution in [0.1, 0.15) is 31.4 Å². The molecule has 1 aromatic carbocycles. The van der Waals surface area contributed by atoms with Crippen molar-refractivity contribution in [2.75, 3.05) is 4.90 Å². The number of hydrogen-bond donors (Lipinski definition) is 0. The third-order valence-corrected chi connectivity index (χ3v) is 6.30. The molecule has 0 unspecified atom stereocenters. The van der Waals surface area contributed by atoms with Gasteiger partial charge in [0.05, 0.1) is 17.5 Å². The van der Waals surface area contributed by atoms with Crippen molar-refractivity contribution in [1.82, 2.24) is 0 Å². The summed E-state index contributed by atoms with van der Waals surface area (Å²) in [6, 6.07) is 5.63. The maximum Gasteiger partial charge on any atom is 0.303 e. The Morgan fingerprint density at radius 1 is 0.893 bits per heavy atom. The van der Waals surface area contributed by atoms with E-state index in [4.69, 9.17) is 9.47 Å². The molecule has 3 aliphatic rings. The van der Waals surface area contributed by atoms with Crippen LogP contribution in [0.15, 0.2) is 18.2 Å². The molecule has 6 atom stereocenters. The molecule has 7 nitrogen and oxygen atoms in total. The van der Waals surface area contributed by atoms with Gasteiger partial charge in [-0.05, 0) is 31.4 Å². The number of ether oxygens (including phenoxy) is 2. The van der Waals surface area contributed by atoms with Crippen LogP contribution in [0.5, 0.6) is 0 Å². The number of carbonyl (C=O) groups excluding carboxylic acids is 4. The Labute approximate surface area is 163 Å². The van der Waals surface area contributed by atoms with E-state index >= 15 is 0 Å². The number of hydrogen-bond acceptors (Lipinski definition) is 6. The number of carbonyl (C=O) groups is 4. The second-order valence-electron chi connectivity index (χ2n) is 8.02. The van der Waals surface area contributed by atoms with E-state index in [1.54, 1.807) is 0 Å². The first-order valence-electron chi connectivity index (χ1n) is 9.50. The lowest BCUT2D eigenvalue weighted by Gasteiger charge is -2.34. The van der Waals surface area contributed by atoms with Gasteiger partial charge in [0.2, 0.25) is 11.8 Å². The summed E-state index contributed by atoms with van der Waals surface area (Å²) in [5, 5.41) is 0. The second-order valence-corrected chi connectivity index (χ2v) is 8.02. The van der Waals surface area contributed by atoms with Crippen molar-refractivity contribution in [3.63, 3.8) is 0 Å². The highest BCUT2D eigenvalue weighted by Gasteiger charge is 2.69. The van der Waals surface area contributed by atoms with Crippen LogP contribution >= 0.6 is 0 Å². The third-order valence-electron chi connectivity index (χ3n) is 6.30. The SMILES string of the molecule is CC(=O)O[C@@H]1[C@H]2C[C@@H]([C@@H]1OC(C)=O)[C@@H]1C(=O)N(c3c(C)cccc3C)C(=O)[C@@H]21. The Morgan fingerprint density at radius 2 is 1.32 bits per heavy atom. The van der Waals surface area contributed by atoms with E-state index < -0.39 is 36.0 Å². The van der Waals surface area contributed by atoms with Gasteiger partial charge in [0, 0.05) is 25.7 Å². The summed E-state index contributed by atoms with van der Waals surface area (Å²) in [4.78, 5) is 51.1. The van der Waals surface area contributed by atoms with Crippen LogP contribution in [0.3, 0.4) is 0 Å². The number of aryl methyl sites for hydroxylation is 2. The van der Waals surface area contributed by atoms with Crippen LogP contribution in [0, 0.1) is 37.5 Å². The van der Waals surface area contributed by atoms with E-state index in [-0.39, 0.29) is 23.7 Å². The van der Waals surface area contributed by atoms with Crippen LogP contribution in [-0.4, -0.2) is 36.0 Å². The zero-order valence-corrected chi connectivity index (χ0v) is 16.3. The van der Waals surface area contributed by atoms with Gasteiger partial charge >= 0.3 is 11.9 Å². The summed E-state index contributed by atoms with van der Waals surface area (Å²) in [6.07, 6.45) is -0.854. The van der Waals surface area contributed by atoms with Crippen molar-refractivity contribution in [2.45, 2.75) is 46.3 Å². The number of benzene rings is 1. The lowest BCUT2D eigenvalue weighted by Crippen LogP contribution is -2.47. The average molecular weight is 385 g/mol. The molecule has 1 heterocycles. The first-order chi connectivity index (χ1) is 13.2. The lowest BCUT2D eigenvalue weighted by molar-refractivity contribution is -0.175. The van der Waals surface area contributed by atoms with E-state index in [9.17, 15) is 19.2 Å². The maximum atomic E-state index is 13.3. The predicted octanol–water partition coefficient (Wildman–Crippen LogP) is 1.92. The lowest BCUT2D eigenvalue weighted by atomic mass is 9.78. The molecule has 4 rings (SSSR count). The molecule has 0 N–H and O–H groups in total. The molecule has 1 saturated heterocycles. The highest BCUT2D eigenvalue weighted by atomic mass is 16.6. The fourth-order valence-electron chi connectivity index (χ4n) is 5.46. The Morgan fingerprint density at radius 3 is 1.71 bits per heavy atom. The van der Waals surface area contributed by atoms with Gasteiger partial charge in [-0.3, -0.25) is 19.2 Å². The highest BCUT2D eigenvalue weighted by molar-refractivity contribution is 6.23. The van der Waals surface area contributed by atoms with Gasteiger partial charge in [0.15, 0.2) is 0 Å². The van der Waals surface area contributed by atoms with E-state index in [0.29, 0.717) is 12.1 Å². The number of amides is 2. The van der Waals surface area contributed by atoms with Gasteiger partial charge in [-0.1, -0.05) is 18.2 Å². The predicted molar refractivity (Wildman–Crippen MR) is 98.1 cm³/mol. The summed E-state index contributed by atoms with van der Waals surface area (Å²) >= 11 is 0. The first kappa shape index (κ1) is 18.7. The Hall–Kier alpha value is -2.70. The van der Waals surface area contributed by atoms with Crippen LogP contribution in [0.2, 0.25) is 0 Å². The molecule has 1 aliphatic heterocycles. The minimum atomic E-state index is -0.692. The number of rotatable bonds is 3. The van der Waals surface area contributed by atoms with Crippen molar-refractivity contribution in [2.24, 2.45) is 23.7 Å². The Bertz CT molecular complexity index is 827. The van der Waals surface area contributed by atoms with E-state index in [1.807, 2.05) is 32.0 Å². The van der Waals surface area contributed by atoms with E-state index in [0.717, 1.165) is 11.1 Å². The van der Waals surface area contributed by atoms with Gasteiger partial charge in [-0.2, -0.15) is 0 Å². The van der Waals surface area contributed by atoms with Gasteiger partial charge in [0.1, 0.15) is 12.2 Å². The van der Waals surface area contributed by atoms with Crippen LogP contribution in [0.25, 0.3) is 0 Å². The van der Waals surface area contributed by atoms with E-state index in [2.05, 4.69) is 0 Å². The minimum Gasteiger partial charge on any atom is -0.458 e. The summed E-state index contributed by atoms with van der Waals surface area (Å²) in [5.74, 6) is -3.23. The monoisotopic (exact) mass is 385 g/mol. The molecule has 0 radical (unpaired) electrons. The molecule has 0 spiro atoms. The molecule has 148 valence electrons. The molecule has 7 heteroatoms. The fourth-order valence-corrected chi connectivity index (χ4v) is 5.46. The molecule has 2 amide bonds. The van der Waals surface area contributed by atoms with Crippen molar-refractivity contribution >= 4 is 29.4 Å². The summed E-state index contributed by atoms with van der Waals surface area (Å²) in [7, 11) is 0. The molecule has 2 bridgehead atoms. The highest BCUT2D eigenvalue weighted by Crippen LogP contribution is 2.58. The Balaban J connectivity index is 1.73. The molecular formula is C21H23NO6. The number of esters is 2. The van der Waals surface area contributed by atoms with Crippen LogP contribution in [0.4, 0.5) is 5.69 Å². The zero-order valence-electron chi connectivity index (χ0n) is 16.3. The number of fused-ring (bicyclic) bond motifs is 5. The number of para-hydroxylation sites is 1. The smallest absolute Gasteiger partial charge is 0.303 e. The van der Waals surface area contributed by atoms with Crippen molar-refractivity contribution < 1.29 is 28.7 Å². The molecule has 3 fully saturated rings. The molecule has 2 saturated carbocycles. The van der Waals surface area contributed by atoms with Crippen molar-refractivity contribution in [3.8, 4) is 0 Å². The zero-order chi connectivity index (χ0) is 20.3. The second kappa shape index (κ2) is 6.43. The largest absolute Gasteiger partial charge is 0.458 e. The van der Waals surface area contributed by atoms with Crippen molar-refractivity contribution in [1.29, 1.82) is 0 Å². The molecule has 0 aromatic heterocycles. The quantitative estimate of drug-likeness (QED) is 0.583. The molecule has 1 aromatic rings. The van der Waals surface area contributed by atoms with Crippen LogP contribution in [-0.2, 0) is 28.7 Å². The van der Waals surface area contributed by atoms with Gasteiger partial charge in [0.25, 0.3) is 0 Å². The third kappa shape index (κ3) is 2.56. The maximum absolute atomic E-state index is 13.3. The summed E-state index contributed by atoms with van der Waals surface area (Å²) in [6.45, 7) is 6.32. The van der Waals surface area contributed by atoms with Gasteiger partial charge in [-0.15, -0.1) is 0 Å². The normalized spacial score (nSPS) is 33.2. The average Bonchev–Trinajstić information content (AvgIpc) is 3.20. The van der Waals surface area contributed by atoms with E-state index in [1.165, 1.54) is 18.7 Å². The summed E-state index contributed by atoms with van der Waals surface area (Å²) < 4.78 is 10.9. The number of imide groups is 1. The fraction of sp³-hybridized carbons (Fsp3) is 0.524.